The largest absolute Gasteiger partial charge is 0.490 e. The van der Waals surface area contributed by atoms with Crippen LogP contribution in [0, 0.1) is 0 Å². The van der Waals surface area contributed by atoms with Crippen LogP contribution in [0.4, 0.5) is 5.82 Å². The number of nitrogens with two attached hydrogens (primary N) is 2. The SMILES string of the molecule is Nc1cccc(-c2ccc(OC3CCCC(N)C3)c3ccccc23)n1. The van der Waals surface area contributed by atoms with Gasteiger partial charge in [-0.1, -0.05) is 30.3 Å². The predicted octanol–water partition coefficient (Wildman–Crippen LogP) is 4.13. The molecule has 2 aromatic carbocycles. The minimum absolute atomic E-state index is 0.198. The number of ether oxygens (including phenoxy) is 1. The third kappa shape index (κ3) is 3.30. The lowest BCUT2D eigenvalue weighted by Gasteiger charge is -2.28. The van der Waals surface area contributed by atoms with Crippen LogP contribution in [0.5, 0.6) is 5.75 Å². The third-order valence-electron chi connectivity index (χ3n) is 4.89. The maximum Gasteiger partial charge on any atom is 0.127 e. The van der Waals surface area contributed by atoms with Crippen molar-refractivity contribution in [1.82, 2.24) is 4.98 Å². The highest BCUT2D eigenvalue weighted by Gasteiger charge is 2.21. The van der Waals surface area contributed by atoms with E-state index in [-0.39, 0.29) is 12.1 Å². The second-order valence-electron chi connectivity index (χ2n) is 6.77. The molecule has 0 spiro atoms. The summed E-state index contributed by atoms with van der Waals surface area (Å²) in [6.07, 6.45) is 4.42. The van der Waals surface area contributed by atoms with Crippen LogP contribution in [0.1, 0.15) is 25.7 Å². The van der Waals surface area contributed by atoms with E-state index < -0.39 is 0 Å². The number of nitrogens with zero attached hydrogens (tertiary/aromatic N) is 1. The van der Waals surface area contributed by atoms with Crippen molar-refractivity contribution in [1.29, 1.82) is 0 Å². The van der Waals surface area contributed by atoms with Crippen LogP contribution in [0.15, 0.2) is 54.6 Å². The molecule has 4 nitrogen and oxygen atoms in total. The van der Waals surface area contributed by atoms with Gasteiger partial charge < -0.3 is 16.2 Å². The number of rotatable bonds is 3. The van der Waals surface area contributed by atoms with E-state index in [1.807, 2.05) is 30.3 Å². The molecule has 25 heavy (non-hydrogen) atoms. The smallest absolute Gasteiger partial charge is 0.127 e. The van der Waals surface area contributed by atoms with Crippen molar-refractivity contribution >= 4 is 16.6 Å². The Morgan fingerprint density at radius 3 is 2.56 bits per heavy atom. The fourth-order valence-electron chi connectivity index (χ4n) is 3.67. The lowest BCUT2D eigenvalue weighted by molar-refractivity contribution is 0.146. The number of nitrogen functional groups attached to an aromatic ring is 1. The summed E-state index contributed by atoms with van der Waals surface area (Å²) < 4.78 is 6.33. The Balaban J connectivity index is 1.74. The molecule has 3 aromatic rings. The average molecular weight is 333 g/mol. The molecule has 2 unspecified atom stereocenters. The Morgan fingerprint density at radius 1 is 0.920 bits per heavy atom. The van der Waals surface area contributed by atoms with Crippen LogP contribution in [-0.2, 0) is 0 Å². The zero-order valence-corrected chi connectivity index (χ0v) is 14.2. The molecule has 2 atom stereocenters. The fraction of sp³-hybridized carbons (Fsp3) is 0.286. The monoisotopic (exact) mass is 333 g/mol. The van der Waals surface area contributed by atoms with Crippen molar-refractivity contribution in [2.45, 2.75) is 37.8 Å². The molecular formula is C21H23N3O. The Bertz CT molecular complexity index is 893. The van der Waals surface area contributed by atoms with Crippen LogP contribution >= 0.6 is 0 Å². The number of fused-ring (bicyclic) bond motifs is 1. The number of hydrogen-bond donors (Lipinski definition) is 2. The first-order chi connectivity index (χ1) is 12.2. The summed E-state index contributed by atoms with van der Waals surface area (Å²) in [6, 6.07) is 18.4. The summed E-state index contributed by atoms with van der Waals surface area (Å²) in [4.78, 5) is 4.47. The topological polar surface area (TPSA) is 74.2 Å². The van der Waals surface area contributed by atoms with Crippen LogP contribution in [-0.4, -0.2) is 17.1 Å². The Morgan fingerprint density at radius 2 is 1.76 bits per heavy atom. The van der Waals surface area contributed by atoms with Gasteiger partial charge in [-0.15, -0.1) is 0 Å². The molecule has 1 fully saturated rings. The molecule has 1 aromatic heterocycles. The molecule has 0 aliphatic heterocycles. The van der Waals surface area contributed by atoms with E-state index in [1.165, 1.54) is 0 Å². The number of anilines is 1. The van der Waals surface area contributed by atoms with Gasteiger partial charge in [0.15, 0.2) is 0 Å². The van der Waals surface area contributed by atoms with Crippen molar-refractivity contribution in [3.8, 4) is 17.0 Å². The molecule has 4 N–H and O–H groups in total. The van der Waals surface area contributed by atoms with Crippen molar-refractivity contribution in [3.05, 3.63) is 54.6 Å². The first-order valence-electron chi connectivity index (χ1n) is 8.87. The lowest BCUT2D eigenvalue weighted by Crippen LogP contribution is -2.33. The molecule has 0 bridgehead atoms. The van der Waals surface area contributed by atoms with E-state index in [2.05, 4.69) is 23.2 Å². The quantitative estimate of drug-likeness (QED) is 0.755. The van der Waals surface area contributed by atoms with Crippen LogP contribution < -0.4 is 16.2 Å². The van der Waals surface area contributed by atoms with Crippen LogP contribution in [0.2, 0.25) is 0 Å². The summed E-state index contributed by atoms with van der Waals surface area (Å²) in [5.74, 6) is 1.44. The van der Waals surface area contributed by atoms with E-state index in [1.54, 1.807) is 6.07 Å². The van der Waals surface area contributed by atoms with Crippen molar-refractivity contribution in [3.63, 3.8) is 0 Å². The van der Waals surface area contributed by atoms with Crippen molar-refractivity contribution < 1.29 is 4.74 Å². The van der Waals surface area contributed by atoms with Crippen LogP contribution in [0.3, 0.4) is 0 Å². The zero-order valence-electron chi connectivity index (χ0n) is 14.2. The van der Waals surface area contributed by atoms with Crippen molar-refractivity contribution in [2.24, 2.45) is 5.73 Å². The van der Waals surface area contributed by atoms with E-state index in [0.29, 0.717) is 5.82 Å². The maximum atomic E-state index is 6.33. The highest BCUT2D eigenvalue weighted by atomic mass is 16.5. The molecule has 0 radical (unpaired) electrons. The second kappa shape index (κ2) is 6.73. The highest BCUT2D eigenvalue weighted by molar-refractivity contribution is 5.99. The second-order valence-corrected chi connectivity index (χ2v) is 6.77. The van der Waals surface area contributed by atoms with Gasteiger partial charge in [0.05, 0.1) is 5.69 Å². The van der Waals surface area contributed by atoms with Gasteiger partial charge in [-0.05, 0) is 55.3 Å². The molecule has 1 saturated carbocycles. The Kier molecular flexibility index (Phi) is 4.28. The number of pyridine rings is 1. The Labute approximate surface area is 147 Å². The average Bonchev–Trinajstić information content (AvgIpc) is 2.62. The van der Waals surface area contributed by atoms with E-state index in [9.17, 15) is 0 Å². The van der Waals surface area contributed by atoms with Gasteiger partial charge in [-0.2, -0.15) is 0 Å². The number of aromatic nitrogens is 1. The first kappa shape index (κ1) is 15.9. The summed E-state index contributed by atoms with van der Waals surface area (Å²) >= 11 is 0. The molecule has 1 aliphatic carbocycles. The lowest BCUT2D eigenvalue weighted by atomic mass is 9.93. The van der Waals surface area contributed by atoms with E-state index in [4.69, 9.17) is 16.2 Å². The minimum Gasteiger partial charge on any atom is -0.490 e. The summed E-state index contributed by atoms with van der Waals surface area (Å²) in [6.45, 7) is 0. The normalized spacial score (nSPS) is 20.5. The maximum absolute atomic E-state index is 6.33. The molecule has 128 valence electrons. The van der Waals surface area contributed by atoms with Crippen molar-refractivity contribution in [2.75, 3.05) is 5.73 Å². The van der Waals surface area contributed by atoms with Gasteiger partial charge in [0.1, 0.15) is 17.7 Å². The summed E-state index contributed by atoms with van der Waals surface area (Å²) in [5.41, 5.74) is 13.9. The van der Waals surface area contributed by atoms with Gasteiger partial charge in [-0.25, -0.2) is 4.98 Å². The van der Waals surface area contributed by atoms with Gasteiger partial charge >= 0.3 is 0 Å². The first-order valence-corrected chi connectivity index (χ1v) is 8.87. The molecule has 4 rings (SSSR count). The number of hydrogen-bond acceptors (Lipinski definition) is 4. The summed E-state index contributed by atoms with van der Waals surface area (Å²) in [7, 11) is 0. The van der Waals surface area contributed by atoms with Gasteiger partial charge in [-0.3, -0.25) is 0 Å². The van der Waals surface area contributed by atoms with Gasteiger partial charge in [0.25, 0.3) is 0 Å². The molecular weight excluding hydrogens is 310 g/mol. The molecule has 1 heterocycles. The molecule has 1 aliphatic rings. The van der Waals surface area contributed by atoms with Gasteiger partial charge in [0.2, 0.25) is 0 Å². The molecule has 4 heteroatoms. The fourth-order valence-corrected chi connectivity index (χ4v) is 3.67. The van der Waals surface area contributed by atoms with Crippen LogP contribution in [0.25, 0.3) is 22.0 Å². The minimum atomic E-state index is 0.198. The molecule has 0 saturated heterocycles. The van der Waals surface area contributed by atoms with Gasteiger partial charge in [0, 0.05) is 17.0 Å². The van der Waals surface area contributed by atoms with E-state index >= 15 is 0 Å². The number of benzene rings is 2. The standard InChI is InChI=1S/C21H23N3O/c22-14-5-3-6-15(13-14)25-20-12-11-17(16-7-1-2-8-18(16)20)19-9-4-10-21(23)24-19/h1-2,4,7-12,14-15H,3,5-6,13,22H2,(H2,23,24). The zero-order chi connectivity index (χ0) is 17.2. The summed E-state index contributed by atoms with van der Waals surface area (Å²) in [5, 5.41) is 2.22. The molecule has 0 amide bonds. The predicted molar refractivity (Wildman–Crippen MR) is 102 cm³/mol. The Hall–Kier alpha value is -2.59. The highest BCUT2D eigenvalue weighted by Crippen LogP contribution is 2.35. The third-order valence-corrected chi connectivity index (χ3v) is 4.89. The van der Waals surface area contributed by atoms with E-state index in [0.717, 1.165) is 53.5 Å².